The summed E-state index contributed by atoms with van der Waals surface area (Å²) in [5, 5.41) is 0. The monoisotopic (exact) mass is 237 g/mol. The molecule has 7 heteroatoms. The highest BCUT2D eigenvalue weighted by Gasteiger charge is 2.24. The Morgan fingerprint density at radius 2 is 2.12 bits per heavy atom. The van der Waals surface area contributed by atoms with E-state index in [0.29, 0.717) is 6.20 Å². The molecule has 0 atom stereocenters. The Kier molecular flexibility index (Phi) is 3.81. The lowest BCUT2D eigenvalue weighted by molar-refractivity contribution is -0.139. The topological polar surface area (TPSA) is 39.2 Å². The van der Waals surface area contributed by atoms with Crippen LogP contribution in [0.15, 0.2) is 6.20 Å². The average Bonchev–Trinajstić information content (AvgIpc) is 2.23. The predicted molar refractivity (Wildman–Crippen MR) is 44.8 cm³/mol. The van der Waals surface area contributed by atoms with Gasteiger partial charge in [-0.15, -0.1) is 0 Å². The van der Waals surface area contributed by atoms with Gasteiger partial charge in [0.2, 0.25) is 0 Å². The summed E-state index contributed by atoms with van der Waals surface area (Å²) in [5.41, 5.74) is -1.73. The second-order valence-electron chi connectivity index (χ2n) is 2.83. The molecule has 0 bridgehead atoms. The van der Waals surface area contributed by atoms with Crippen LogP contribution >= 0.6 is 0 Å². The van der Waals surface area contributed by atoms with Crippen molar-refractivity contribution in [3.8, 4) is 0 Å². The van der Waals surface area contributed by atoms with Gasteiger partial charge in [0.05, 0.1) is 31.0 Å². The van der Waals surface area contributed by atoms with E-state index >= 15 is 0 Å². The number of aromatic nitrogens is 1. The number of hydrogen-bond donors (Lipinski definition) is 0. The molecule has 0 aliphatic rings. The minimum atomic E-state index is -3.25. The van der Waals surface area contributed by atoms with E-state index in [4.69, 9.17) is 0 Å². The molecule has 1 aromatic heterocycles. The Balaban J connectivity index is 3.18. The Morgan fingerprint density at radius 3 is 2.62 bits per heavy atom. The smallest absolute Gasteiger partial charge is 0.311 e. The van der Waals surface area contributed by atoms with Crippen LogP contribution in [0.1, 0.15) is 17.7 Å². The Hall–Kier alpha value is -1.66. The highest BCUT2D eigenvalue weighted by atomic mass is 19.3. The molecular weight excluding hydrogens is 230 g/mol. The molecule has 0 aliphatic carbocycles. The number of alkyl halides is 2. The van der Waals surface area contributed by atoms with E-state index in [2.05, 4.69) is 9.72 Å². The quantitative estimate of drug-likeness (QED) is 0.596. The minimum Gasteiger partial charge on any atom is -0.469 e. The summed E-state index contributed by atoms with van der Waals surface area (Å²) >= 11 is 0. The van der Waals surface area contributed by atoms with Gasteiger partial charge in [0.25, 0.3) is 6.43 Å². The lowest BCUT2D eigenvalue weighted by Crippen LogP contribution is -2.11. The number of methoxy groups -OCH3 is 1. The summed E-state index contributed by atoms with van der Waals surface area (Å²) < 4.78 is 54.7. The third-order valence-electron chi connectivity index (χ3n) is 1.85. The molecule has 0 aromatic carbocycles. The summed E-state index contributed by atoms with van der Waals surface area (Å²) in [4.78, 5) is 14.1. The first-order chi connectivity index (χ1) is 7.47. The van der Waals surface area contributed by atoms with Gasteiger partial charge in [0, 0.05) is 0 Å². The Labute approximate surface area is 88.0 Å². The van der Waals surface area contributed by atoms with Crippen LogP contribution in [0.25, 0.3) is 0 Å². The molecule has 0 aliphatic heterocycles. The van der Waals surface area contributed by atoms with E-state index in [1.165, 1.54) is 0 Å². The van der Waals surface area contributed by atoms with Crippen molar-refractivity contribution in [3.63, 3.8) is 0 Å². The fourth-order valence-corrected chi connectivity index (χ4v) is 1.09. The van der Waals surface area contributed by atoms with Crippen molar-refractivity contribution in [2.24, 2.45) is 0 Å². The fourth-order valence-electron chi connectivity index (χ4n) is 1.09. The van der Waals surface area contributed by atoms with Gasteiger partial charge in [0.1, 0.15) is 0 Å². The van der Waals surface area contributed by atoms with Crippen molar-refractivity contribution >= 4 is 5.97 Å². The van der Waals surface area contributed by atoms with Crippen LogP contribution in [0.3, 0.4) is 0 Å². The first-order valence-electron chi connectivity index (χ1n) is 4.15. The van der Waals surface area contributed by atoms with E-state index in [-0.39, 0.29) is 0 Å². The molecule has 0 radical (unpaired) electrons. The maximum Gasteiger partial charge on any atom is 0.311 e. The molecule has 0 N–H and O–H groups in total. The number of pyridine rings is 1. The zero-order valence-electron chi connectivity index (χ0n) is 8.14. The van der Waals surface area contributed by atoms with Crippen molar-refractivity contribution in [1.82, 2.24) is 4.98 Å². The first-order valence-corrected chi connectivity index (χ1v) is 4.15. The number of rotatable bonds is 3. The number of halogens is 4. The van der Waals surface area contributed by atoms with Gasteiger partial charge in [-0.25, -0.2) is 17.6 Å². The van der Waals surface area contributed by atoms with E-state index in [9.17, 15) is 22.4 Å². The number of esters is 1. The van der Waals surface area contributed by atoms with E-state index in [1.807, 2.05) is 0 Å². The number of nitrogens with zero attached hydrogens (tertiary/aromatic N) is 1. The zero-order valence-corrected chi connectivity index (χ0v) is 8.14. The van der Waals surface area contributed by atoms with Crippen LogP contribution in [-0.2, 0) is 16.0 Å². The van der Waals surface area contributed by atoms with E-state index < -0.39 is 41.7 Å². The lowest BCUT2D eigenvalue weighted by atomic mass is 10.1. The fraction of sp³-hybridized carbons (Fsp3) is 0.333. The van der Waals surface area contributed by atoms with Crippen LogP contribution < -0.4 is 0 Å². The summed E-state index contributed by atoms with van der Waals surface area (Å²) in [6, 6.07) is 0. The average molecular weight is 237 g/mol. The summed E-state index contributed by atoms with van der Waals surface area (Å²) in [7, 11) is 1.05. The molecule has 0 amide bonds. The van der Waals surface area contributed by atoms with E-state index in [1.54, 1.807) is 0 Å². The second kappa shape index (κ2) is 4.91. The van der Waals surface area contributed by atoms with Crippen molar-refractivity contribution in [2.75, 3.05) is 7.11 Å². The van der Waals surface area contributed by atoms with Crippen LogP contribution in [-0.4, -0.2) is 18.1 Å². The molecule has 16 heavy (non-hydrogen) atoms. The van der Waals surface area contributed by atoms with Crippen molar-refractivity contribution in [1.29, 1.82) is 0 Å². The maximum absolute atomic E-state index is 13.0. The number of carbonyl (C=O) groups is 1. The van der Waals surface area contributed by atoms with Gasteiger partial charge in [-0.05, 0) is 0 Å². The minimum absolute atomic E-state index is 0.444. The van der Waals surface area contributed by atoms with Crippen LogP contribution in [0.2, 0.25) is 0 Å². The number of carbonyl (C=O) groups excluding carboxylic acids is 1. The molecule has 88 valence electrons. The van der Waals surface area contributed by atoms with Crippen LogP contribution in [0.5, 0.6) is 0 Å². The van der Waals surface area contributed by atoms with E-state index in [0.717, 1.165) is 7.11 Å². The molecule has 1 heterocycles. The second-order valence-corrected chi connectivity index (χ2v) is 2.83. The molecule has 3 nitrogen and oxygen atoms in total. The summed E-state index contributed by atoms with van der Waals surface area (Å²) in [5.74, 6) is -4.03. The molecule has 0 saturated carbocycles. The van der Waals surface area contributed by atoms with Gasteiger partial charge in [-0.2, -0.15) is 0 Å². The first kappa shape index (κ1) is 12.4. The Bertz CT molecular complexity index is 409. The Morgan fingerprint density at radius 1 is 1.50 bits per heavy atom. The van der Waals surface area contributed by atoms with Gasteiger partial charge in [-0.1, -0.05) is 0 Å². The highest BCUT2D eigenvalue weighted by molar-refractivity contribution is 5.72. The molecule has 1 rings (SSSR count). The highest BCUT2D eigenvalue weighted by Crippen LogP contribution is 2.26. The van der Waals surface area contributed by atoms with Gasteiger partial charge in [0.15, 0.2) is 11.6 Å². The van der Waals surface area contributed by atoms with Crippen LogP contribution in [0.4, 0.5) is 17.6 Å². The SMILES string of the molecule is COC(=O)Cc1ncc(F)c(F)c1C(F)F. The molecule has 0 fully saturated rings. The molecule has 1 aromatic rings. The number of hydrogen-bond acceptors (Lipinski definition) is 3. The molecular formula is C9H7F4NO2. The maximum atomic E-state index is 13.0. The van der Waals surface area contributed by atoms with Gasteiger partial charge in [-0.3, -0.25) is 9.78 Å². The zero-order chi connectivity index (χ0) is 12.3. The number of ether oxygens (including phenoxy) is 1. The van der Waals surface area contributed by atoms with Crippen molar-refractivity contribution in [3.05, 3.63) is 29.1 Å². The normalized spacial score (nSPS) is 10.6. The van der Waals surface area contributed by atoms with Crippen LogP contribution in [0, 0.1) is 11.6 Å². The predicted octanol–water partition coefficient (Wildman–Crippen LogP) is 2.01. The summed E-state index contributed by atoms with van der Waals surface area (Å²) in [6.45, 7) is 0. The van der Waals surface area contributed by atoms with Gasteiger partial charge < -0.3 is 4.74 Å². The van der Waals surface area contributed by atoms with Crippen molar-refractivity contribution in [2.45, 2.75) is 12.8 Å². The lowest BCUT2D eigenvalue weighted by Gasteiger charge is -2.08. The molecule has 0 spiro atoms. The van der Waals surface area contributed by atoms with Crippen molar-refractivity contribution < 1.29 is 27.1 Å². The third-order valence-corrected chi connectivity index (χ3v) is 1.85. The molecule has 0 unspecified atom stereocenters. The molecule has 0 saturated heterocycles. The summed E-state index contributed by atoms with van der Waals surface area (Å²) in [6.07, 6.45) is -3.43. The standard InChI is InChI=1S/C9H7F4NO2/c1-16-6(15)2-5-7(9(12)13)8(11)4(10)3-14-5/h3,9H,2H2,1H3. The van der Waals surface area contributed by atoms with Gasteiger partial charge >= 0.3 is 5.97 Å². The largest absolute Gasteiger partial charge is 0.469 e. The third kappa shape index (κ3) is 2.47.